The van der Waals surface area contributed by atoms with Crippen molar-refractivity contribution in [3.05, 3.63) is 17.8 Å². The third-order valence-corrected chi connectivity index (χ3v) is 2.78. The molecular formula is C13H22N4O2. The summed E-state index contributed by atoms with van der Waals surface area (Å²) in [7, 11) is 1.75. The molecule has 6 heteroatoms. The van der Waals surface area contributed by atoms with Crippen molar-refractivity contribution in [1.82, 2.24) is 15.5 Å². The van der Waals surface area contributed by atoms with Gasteiger partial charge < -0.3 is 15.4 Å². The lowest BCUT2D eigenvalue weighted by atomic mass is 10.1. The number of nitrogens with one attached hydrogen (secondary N) is 2. The van der Waals surface area contributed by atoms with Crippen LogP contribution in [0.1, 0.15) is 31.3 Å². The molecule has 0 aromatic carbocycles. The van der Waals surface area contributed by atoms with Gasteiger partial charge in [-0.2, -0.15) is 0 Å². The second kappa shape index (κ2) is 7.68. The molecule has 1 unspecified atom stereocenters. The molecule has 2 N–H and O–H groups in total. The number of hydrogen-bond acceptors (Lipinski definition) is 5. The molecule has 0 bridgehead atoms. The van der Waals surface area contributed by atoms with Crippen molar-refractivity contribution in [2.75, 3.05) is 25.6 Å². The molecule has 1 rings (SSSR count). The van der Waals surface area contributed by atoms with Crippen LogP contribution in [0.3, 0.4) is 0 Å². The fraction of sp³-hybridized carbons (Fsp3) is 0.615. The topological polar surface area (TPSA) is 76.1 Å². The van der Waals surface area contributed by atoms with E-state index in [9.17, 15) is 4.79 Å². The van der Waals surface area contributed by atoms with Crippen LogP contribution in [0.2, 0.25) is 0 Å². The summed E-state index contributed by atoms with van der Waals surface area (Å²) in [4.78, 5) is 12.0. The van der Waals surface area contributed by atoms with Crippen molar-refractivity contribution < 1.29 is 9.53 Å². The number of ether oxygens (including phenoxy) is 1. The quantitative estimate of drug-likeness (QED) is 0.778. The average Bonchev–Trinajstić information content (AvgIpc) is 2.43. The van der Waals surface area contributed by atoms with Gasteiger partial charge in [0.25, 0.3) is 5.91 Å². The number of rotatable bonds is 7. The molecule has 0 spiro atoms. The van der Waals surface area contributed by atoms with E-state index in [2.05, 4.69) is 20.8 Å². The van der Waals surface area contributed by atoms with Crippen molar-refractivity contribution in [2.24, 2.45) is 5.92 Å². The highest BCUT2D eigenvalue weighted by Gasteiger charge is 2.18. The largest absolute Gasteiger partial charge is 0.380 e. The SMILES string of the molecule is CCOCC(NC(=O)c1ccc(NC)nn1)C(C)C. The van der Waals surface area contributed by atoms with Crippen LogP contribution in [0, 0.1) is 5.92 Å². The van der Waals surface area contributed by atoms with Gasteiger partial charge in [0.05, 0.1) is 12.6 Å². The van der Waals surface area contributed by atoms with Gasteiger partial charge in [0.15, 0.2) is 5.69 Å². The molecule has 1 atom stereocenters. The molecule has 1 heterocycles. The summed E-state index contributed by atoms with van der Waals surface area (Å²) < 4.78 is 5.37. The van der Waals surface area contributed by atoms with Crippen molar-refractivity contribution in [1.29, 1.82) is 0 Å². The van der Waals surface area contributed by atoms with Crippen LogP contribution in [0.4, 0.5) is 5.82 Å². The summed E-state index contributed by atoms with van der Waals surface area (Å²) in [5, 5.41) is 13.5. The molecular weight excluding hydrogens is 244 g/mol. The summed E-state index contributed by atoms with van der Waals surface area (Å²) in [5.74, 6) is 0.694. The summed E-state index contributed by atoms with van der Waals surface area (Å²) in [6, 6.07) is 3.33. The van der Waals surface area contributed by atoms with E-state index in [0.29, 0.717) is 30.6 Å². The highest BCUT2D eigenvalue weighted by molar-refractivity contribution is 5.92. The first-order chi connectivity index (χ1) is 9.08. The molecule has 1 amide bonds. The van der Waals surface area contributed by atoms with Crippen LogP contribution >= 0.6 is 0 Å². The molecule has 1 aromatic rings. The van der Waals surface area contributed by atoms with Gasteiger partial charge in [-0.25, -0.2) is 0 Å². The maximum absolute atomic E-state index is 12.0. The molecule has 0 radical (unpaired) electrons. The summed E-state index contributed by atoms with van der Waals surface area (Å²) in [6.45, 7) is 7.15. The van der Waals surface area contributed by atoms with Gasteiger partial charge in [-0.15, -0.1) is 10.2 Å². The minimum atomic E-state index is -0.228. The molecule has 0 saturated carbocycles. The number of carbonyl (C=O) groups is 1. The van der Waals surface area contributed by atoms with E-state index in [-0.39, 0.29) is 11.9 Å². The van der Waals surface area contributed by atoms with E-state index in [0.717, 1.165) is 0 Å². The Hall–Kier alpha value is -1.69. The zero-order valence-electron chi connectivity index (χ0n) is 11.9. The molecule has 0 aliphatic rings. The lowest BCUT2D eigenvalue weighted by Crippen LogP contribution is -2.42. The monoisotopic (exact) mass is 266 g/mol. The van der Waals surface area contributed by atoms with Crippen LogP contribution < -0.4 is 10.6 Å². The minimum absolute atomic E-state index is 0.0294. The first-order valence-electron chi connectivity index (χ1n) is 6.48. The first-order valence-corrected chi connectivity index (χ1v) is 6.48. The maximum Gasteiger partial charge on any atom is 0.272 e. The number of aromatic nitrogens is 2. The molecule has 0 aliphatic carbocycles. The second-order valence-electron chi connectivity index (χ2n) is 4.54. The van der Waals surface area contributed by atoms with Gasteiger partial charge in [-0.3, -0.25) is 4.79 Å². The van der Waals surface area contributed by atoms with Gasteiger partial charge in [-0.1, -0.05) is 13.8 Å². The Morgan fingerprint density at radius 2 is 2.11 bits per heavy atom. The summed E-state index contributed by atoms with van der Waals surface area (Å²) >= 11 is 0. The van der Waals surface area contributed by atoms with Gasteiger partial charge in [0.1, 0.15) is 5.82 Å². The van der Waals surface area contributed by atoms with E-state index in [1.165, 1.54) is 0 Å². The van der Waals surface area contributed by atoms with Gasteiger partial charge in [0, 0.05) is 13.7 Å². The van der Waals surface area contributed by atoms with E-state index < -0.39 is 0 Å². The number of hydrogen-bond donors (Lipinski definition) is 2. The fourth-order valence-corrected chi connectivity index (χ4v) is 1.47. The number of anilines is 1. The Morgan fingerprint density at radius 1 is 1.37 bits per heavy atom. The van der Waals surface area contributed by atoms with E-state index in [4.69, 9.17) is 4.74 Å². The van der Waals surface area contributed by atoms with Crippen LogP contribution in [0.5, 0.6) is 0 Å². The first kappa shape index (κ1) is 15.4. The van der Waals surface area contributed by atoms with Gasteiger partial charge >= 0.3 is 0 Å². The Labute approximate surface area is 113 Å². The van der Waals surface area contributed by atoms with Crippen LogP contribution in [-0.2, 0) is 4.74 Å². The van der Waals surface area contributed by atoms with Gasteiger partial charge in [-0.05, 0) is 25.0 Å². The Kier molecular flexibility index (Phi) is 6.21. The Bertz CT molecular complexity index is 392. The van der Waals surface area contributed by atoms with Crippen molar-refractivity contribution in [3.63, 3.8) is 0 Å². The number of carbonyl (C=O) groups excluding carboxylic acids is 1. The molecule has 19 heavy (non-hydrogen) atoms. The predicted molar refractivity (Wildman–Crippen MR) is 74.2 cm³/mol. The zero-order valence-corrected chi connectivity index (χ0v) is 11.9. The van der Waals surface area contributed by atoms with Crippen molar-refractivity contribution in [3.8, 4) is 0 Å². The molecule has 0 aliphatic heterocycles. The Morgan fingerprint density at radius 3 is 2.58 bits per heavy atom. The van der Waals surface area contributed by atoms with Gasteiger partial charge in [0.2, 0.25) is 0 Å². The molecule has 6 nitrogen and oxygen atoms in total. The zero-order chi connectivity index (χ0) is 14.3. The smallest absolute Gasteiger partial charge is 0.272 e. The highest BCUT2D eigenvalue weighted by atomic mass is 16.5. The van der Waals surface area contributed by atoms with Crippen molar-refractivity contribution in [2.45, 2.75) is 26.8 Å². The molecule has 0 fully saturated rings. The third kappa shape index (κ3) is 4.82. The second-order valence-corrected chi connectivity index (χ2v) is 4.54. The number of nitrogens with zero attached hydrogens (tertiary/aromatic N) is 2. The highest BCUT2D eigenvalue weighted by Crippen LogP contribution is 2.05. The fourth-order valence-electron chi connectivity index (χ4n) is 1.47. The molecule has 1 aromatic heterocycles. The molecule has 0 saturated heterocycles. The van der Waals surface area contributed by atoms with Crippen LogP contribution in [0.15, 0.2) is 12.1 Å². The lowest BCUT2D eigenvalue weighted by Gasteiger charge is -2.21. The van der Waals surface area contributed by atoms with E-state index in [1.54, 1.807) is 19.2 Å². The normalized spacial score (nSPS) is 12.3. The lowest BCUT2D eigenvalue weighted by molar-refractivity contribution is 0.0801. The summed E-state index contributed by atoms with van der Waals surface area (Å²) in [5.41, 5.74) is 0.307. The van der Waals surface area contributed by atoms with E-state index in [1.807, 2.05) is 20.8 Å². The summed E-state index contributed by atoms with van der Waals surface area (Å²) in [6.07, 6.45) is 0. The average molecular weight is 266 g/mol. The maximum atomic E-state index is 12.0. The minimum Gasteiger partial charge on any atom is -0.380 e. The number of amides is 1. The predicted octanol–water partition coefficient (Wildman–Crippen LogP) is 1.31. The van der Waals surface area contributed by atoms with E-state index >= 15 is 0 Å². The third-order valence-electron chi connectivity index (χ3n) is 2.78. The van der Waals surface area contributed by atoms with Crippen LogP contribution in [0.25, 0.3) is 0 Å². The Balaban J connectivity index is 2.64. The van der Waals surface area contributed by atoms with Crippen molar-refractivity contribution >= 4 is 11.7 Å². The molecule has 106 valence electrons. The van der Waals surface area contributed by atoms with Crippen LogP contribution in [-0.4, -0.2) is 42.4 Å². The standard InChI is InChI=1S/C13H22N4O2/c1-5-19-8-11(9(2)3)15-13(18)10-6-7-12(14-4)17-16-10/h6-7,9,11H,5,8H2,1-4H3,(H,14,17)(H,15,18).